The average molecular weight is 385 g/mol. The summed E-state index contributed by atoms with van der Waals surface area (Å²) < 4.78 is 1.09. The summed E-state index contributed by atoms with van der Waals surface area (Å²) in [6.45, 7) is 4.38. The third-order valence-electron chi connectivity index (χ3n) is 3.84. The van der Waals surface area contributed by atoms with Crippen LogP contribution in [-0.2, 0) is 10.5 Å². The van der Waals surface area contributed by atoms with Crippen molar-refractivity contribution in [3.05, 3.63) is 34.3 Å². The van der Waals surface area contributed by atoms with Crippen LogP contribution in [0.4, 0.5) is 0 Å². The molecule has 0 atom stereocenters. The Hall–Kier alpha value is -0.520. The largest absolute Gasteiger partial charge is 0.355 e. The van der Waals surface area contributed by atoms with E-state index in [0.29, 0.717) is 5.75 Å². The van der Waals surface area contributed by atoms with Crippen LogP contribution in [0.1, 0.15) is 31.2 Å². The van der Waals surface area contributed by atoms with Crippen molar-refractivity contribution in [2.45, 2.75) is 31.4 Å². The van der Waals surface area contributed by atoms with Gasteiger partial charge in [0, 0.05) is 16.8 Å². The van der Waals surface area contributed by atoms with Crippen molar-refractivity contribution in [2.75, 3.05) is 31.9 Å². The highest BCUT2D eigenvalue weighted by atomic mass is 79.9. The van der Waals surface area contributed by atoms with E-state index in [-0.39, 0.29) is 5.91 Å². The first kappa shape index (κ1) is 17.8. The molecule has 0 spiro atoms. The summed E-state index contributed by atoms with van der Waals surface area (Å²) in [6, 6.07) is 8.26. The van der Waals surface area contributed by atoms with Gasteiger partial charge in [-0.1, -0.05) is 34.5 Å². The molecule has 1 aromatic carbocycles. The minimum atomic E-state index is 0.153. The van der Waals surface area contributed by atoms with Crippen molar-refractivity contribution in [2.24, 2.45) is 0 Å². The van der Waals surface area contributed by atoms with E-state index >= 15 is 0 Å². The Kier molecular flexibility index (Phi) is 8.34. The molecule has 5 heteroatoms. The molecule has 1 amide bonds. The molecule has 0 unspecified atom stereocenters. The number of carbonyl (C=O) groups is 1. The molecule has 0 bridgehead atoms. The molecule has 22 heavy (non-hydrogen) atoms. The molecule has 0 aliphatic carbocycles. The van der Waals surface area contributed by atoms with E-state index < -0.39 is 0 Å². The lowest BCUT2D eigenvalue weighted by Crippen LogP contribution is -2.33. The Morgan fingerprint density at radius 3 is 2.64 bits per heavy atom. The number of likely N-dealkylation sites (tertiary alicyclic amines) is 1. The van der Waals surface area contributed by atoms with Crippen LogP contribution in [0.5, 0.6) is 0 Å². The van der Waals surface area contributed by atoms with Crippen LogP contribution < -0.4 is 5.32 Å². The van der Waals surface area contributed by atoms with E-state index in [0.717, 1.165) is 29.7 Å². The van der Waals surface area contributed by atoms with Gasteiger partial charge in [0.05, 0.1) is 5.75 Å². The van der Waals surface area contributed by atoms with Gasteiger partial charge in [0.2, 0.25) is 5.91 Å². The molecular formula is C17H25BrN2OS. The predicted octanol–water partition coefficient (Wildman–Crippen LogP) is 3.67. The van der Waals surface area contributed by atoms with Crippen LogP contribution in [0, 0.1) is 0 Å². The van der Waals surface area contributed by atoms with Gasteiger partial charge in [-0.2, -0.15) is 0 Å². The van der Waals surface area contributed by atoms with E-state index in [9.17, 15) is 4.79 Å². The standard InChI is InChI=1S/C17H25BrN2OS/c18-16-7-5-15(6-8-16)13-22-14-17(21)19-9-4-12-20-10-2-1-3-11-20/h5-8H,1-4,9-14H2,(H,19,21). The van der Waals surface area contributed by atoms with Crippen LogP contribution in [-0.4, -0.2) is 42.7 Å². The fourth-order valence-electron chi connectivity index (χ4n) is 2.61. The fraction of sp³-hybridized carbons (Fsp3) is 0.588. The summed E-state index contributed by atoms with van der Waals surface area (Å²) >= 11 is 5.10. The number of hydrogen-bond acceptors (Lipinski definition) is 3. The first-order chi connectivity index (χ1) is 10.7. The lowest BCUT2D eigenvalue weighted by molar-refractivity contribution is -0.118. The van der Waals surface area contributed by atoms with Crippen molar-refractivity contribution in [3.8, 4) is 0 Å². The molecule has 1 aromatic rings. The first-order valence-corrected chi connectivity index (χ1v) is 10.00. The number of nitrogens with zero attached hydrogens (tertiary/aromatic N) is 1. The normalized spacial score (nSPS) is 15.7. The molecule has 1 aliphatic heterocycles. The third-order valence-corrected chi connectivity index (χ3v) is 5.37. The fourth-order valence-corrected chi connectivity index (χ4v) is 3.69. The van der Waals surface area contributed by atoms with E-state index in [4.69, 9.17) is 0 Å². The van der Waals surface area contributed by atoms with Crippen molar-refractivity contribution < 1.29 is 4.79 Å². The molecule has 2 rings (SSSR count). The van der Waals surface area contributed by atoms with Crippen LogP contribution >= 0.6 is 27.7 Å². The predicted molar refractivity (Wildman–Crippen MR) is 98.2 cm³/mol. The van der Waals surface area contributed by atoms with Gasteiger partial charge in [0.15, 0.2) is 0 Å². The van der Waals surface area contributed by atoms with Gasteiger partial charge in [-0.05, 0) is 56.6 Å². The zero-order valence-electron chi connectivity index (χ0n) is 13.0. The lowest BCUT2D eigenvalue weighted by Gasteiger charge is -2.26. The number of rotatable bonds is 8. The number of amides is 1. The molecule has 1 saturated heterocycles. The Bertz CT molecular complexity index is 446. The first-order valence-electron chi connectivity index (χ1n) is 8.05. The molecule has 3 nitrogen and oxygen atoms in total. The highest BCUT2D eigenvalue weighted by molar-refractivity contribution is 9.10. The van der Waals surface area contributed by atoms with Crippen molar-refractivity contribution in [3.63, 3.8) is 0 Å². The molecule has 1 heterocycles. The Morgan fingerprint density at radius 2 is 1.91 bits per heavy atom. The number of hydrogen-bond donors (Lipinski definition) is 1. The van der Waals surface area contributed by atoms with Gasteiger partial charge < -0.3 is 10.2 Å². The third kappa shape index (κ3) is 7.16. The second-order valence-corrected chi connectivity index (χ2v) is 7.63. The topological polar surface area (TPSA) is 32.3 Å². The lowest BCUT2D eigenvalue weighted by atomic mass is 10.1. The number of carbonyl (C=O) groups excluding carboxylic acids is 1. The molecule has 1 aliphatic rings. The SMILES string of the molecule is O=C(CSCc1ccc(Br)cc1)NCCCN1CCCCC1. The summed E-state index contributed by atoms with van der Waals surface area (Å²) in [5, 5.41) is 3.02. The maximum Gasteiger partial charge on any atom is 0.230 e. The average Bonchev–Trinajstić information content (AvgIpc) is 2.54. The second-order valence-electron chi connectivity index (χ2n) is 5.73. The highest BCUT2D eigenvalue weighted by Crippen LogP contribution is 2.15. The molecular weight excluding hydrogens is 360 g/mol. The van der Waals surface area contributed by atoms with Gasteiger partial charge in [-0.25, -0.2) is 0 Å². The van der Waals surface area contributed by atoms with E-state index in [1.54, 1.807) is 11.8 Å². The minimum Gasteiger partial charge on any atom is -0.355 e. The Balaban J connectivity index is 1.49. The van der Waals surface area contributed by atoms with Gasteiger partial charge in [-0.3, -0.25) is 4.79 Å². The number of thioether (sulfide) groups is 1. The van der Waals surface area contributed by atoms with Gasteiger partial charge >= 0.3 is 0 Å². The molecule has 0 saturated carbocycles. The highest BCUT2D eigenvalue weighted by Gasteiger charge is 2.09. The molecule has 0 aromatic heterocycles. The van der Waals surface area contributed by atoms with Crippen molar-refractivity contribution in [1.82, 2.24) is 10.2 Å². The summed E-state index contributed by atoms with van der Waals surface area (Å²) in [5.41, 5.74) is 1.26. The molecule has 0 radical (unpaired) electrons. The number of benzene rings is 1. The maximum absolute atomic E-state index is 11.8. The molecule has 1 fully saturated rings. The summed E-state index contributed by atoms with van der Waals surface area (Å²) in [7, 11) is 0. The van der Waals surface area contributed by atoms with Crippen LogP contribution in [0.25, 0.3) is 0 Å². The minimum absolute atomic E-state index is 0.153. The quantitative estimate of drug-likeness (QED) is 0.693. The van der Waals surface area contributed by atoms with E-state index in [1.165, 1.54) is 37.9 Å². The van der Waals surface area contributed by atoms with Crippen molar-refractivity contribution in [1.29, 1.82) is 0 Å². The Morgan fingerprint density at radius 1 is 1.18 bits per heavy atom. The number of nitrogens with one attached hydrogen (secondary N) is 1. The van der Waals surface area contributed by atoms with Gasteiger partial charge in [-0.15, -0.1) is 11.8 Å². The van der Waals surface area contributed by atoms with Crippen LogP contribution in [0.2, 0.25) is 0 Å². The Labute approximate surface area is 146 Å². The van der Waals surface area contributed by atoms with Crippen molar-refractivity contribution >= 4 is 33.6 Å². The summed E-state index contributed by atoms with van der Waals surface area (Å²) in [6.07, 6.45) is 5.10. The summed E-state index contributed by atoms with van der Waals surface area (Å²) in [5.74, 6) is 1.58. The zero-order chi connectivity index (χ0) is 15.6. The van der Waals surface area contributed by atoms with E-state index in [1.807, 2.05) is 12.1 Å². The molecule has 1 N–H and O–H groups in total. The maximum atomic E-state index is 11.8. The smallest absolute Gasteiger partial charge is 0.230 e. The second kappa shape index (κ2) is 10.3. The van der Waals surface area contributed by atoms with Crippen LogP contribution in [0.3, 0.4) is 0 Å². The summed E-state index contributed by atoms with van der Waals surface area (Å²) in [4.78, 5) is 14.3. The molecule has 122 valence electrons. The van der Waals surface area contributed by atoms with Crippen LogP contribution in [0.15, 0.2) is 28.7 Å². The monoisotopic (exact) mass is 384 g/mol. The number of halogens is 1. The zero-order valence-corrected chi connectivity index (χ0v) is 15.4. The van der Waals surface area contributed by atoms with Gasteiger partial charge in [0.25, 0.3) is 0 Å². The van der Waals surface area contributed by atoms with Gasteiger partial charge in [0.1, 0.15) is 0 Å². The van der Waals surface area contributed by atoms with E-state index in [2.05, 4.69) is 38.3 Å². The number of piperidine rings is 1.